The second-order valence-corrected chi connectivity index (χ2v) is 18.1. The van der Waals surface area contributed by atoms with E-state index in [1.165, 1.54) is 11.3 Å². The molecule has 0 radical (unpaired) electrons. The van der Waals surface area contributed by atoms with Crippen molar-refractivity contribution in [2.75, 3.05) is 13.1 Å². The van der Waals surface area contributed by atoms with Gasteiger partial charge >= 0.3 is 0 Å². The number of benzene rings is 1. The van der Waals surface area contributed by atoms with Crippen molar-refractivity contribution in [3.05, 3.63) is 27.7 Å². The molecule has 0 fully saturated rings. The molecule has 0 aliphatic heterocycles. The zero-order chi connectivity index (χ0) is 22.2. The maximum Gasteiger partial charge on any atom is 0.253 e. The zero-order valence-corrected chi connectivity index (χ0v) is 23.2. The van der Waals surface area contributed by atoms with Crippen LogP contribution in [0.2, 0.25) is 23.2 Å². The van der Waals surface area contributed by atoms with Crippen molar-refractivity contribution in [1.29, 1.82) is 0 Å². The van der Waals surface area contributed by atoms with E-state index >= 15 is 0 Å². The Balaban J connectivity index is 2.35. The zero-order valence-electron chi connectivity index (χ0n) is 18.2. The Labute approximate surface area is 193 Å². The second kappa shape index (κ2) is 9.26. The summed E-state index contributed by atoms with van der Waals surface area (Å²) in [5.74, 6) is 0. The molecule has 4 nitrogen and oxygen atoms in total. The van der Waals surface area contributed by atoms with Crippen LogP contribution in [-0.2, 0) is 14.4 Å². The van der Waals surface area contributed by atoms with Crippen molar-refractivity contribution in [2.45, 2.75) is 69.5 Å². The molecule has 164 valence electrons. The van der Waals surface area contributed by atoms with Gasteiger partial charge in [-0.05, 0) is 65.6 Å². The lowest BCUT2D eigenvalue weighted by Gasteiger charge is -2.39. The van der Waals surface area contributed by atoms with Crippen LogP contribution >= 0.6 is 38.9 Å². The number of hydrogen-bond acceptors (Lipinski definition) is 4. The van der Waals surface area contributed by atoms with Gasteiger partial charge in [0.2, 0.25) is 0 Å². The minimum absolute atomic E-state index is 0.0729. The molecule has 0 N–H and O–H groups in total. The molecule has 1 unspecified atom stereocenters. The van der Waals surface area contributed by atoms with E-state index in [2.05, 4.69) is 49.8 Å². The smallest absolute Gasteiger partial charge is 0.253 e. The van der Waals surface area contributed by atoms with Gasteiger partial charge in [-0.15, -0.1) is 11.3 Å². The summed E-state index contributed by atoms with van der Waals surface area (Å²) in [6.07, 6.45) is 0.556. The first-order chi connectivity index (χ1) is 13.2. The minimum Gasteiger partial charge on any atom is -0.413 e. The lowest BCUT2D eigenvalue weighted by Crippen LogP contribution is -2.47. The van der Waals surface area contributed by atoms with Crippen LogP contribution in [0.15, 0.2) is 26.9 Å². The third-order valence-corrected chi connectivity index (χ3v) is 15.1. The highest BCUT2D eigenvalue weighted by molar-refractivity contribution is 9.10. The lowest BCUT2D eigenvalue weighted by atomic mass is 10.2. The average Bonchev–Trinajstić information content (AvgIpc) is 2.90. The van der Waals surface area contributed by atoms with Gasteiger partial charge in [0, 0.05) is 28.2 Å². The molecule has 1 aromatic carbocycles. The monoisotopic (exact) mass is 539 g/mol. The maximum absolute atomic E-state index is 13.5. The largest absolute Gasteiger partial charge is 0.413 e. The molecule has 1 heterocycles. The Kier molecular flexibility index (Phi) is 8.08. The molecule has 1 aromatic heterocycles. The third kappa shape index (κ3) is 5.64. The number of halogens is 2. The SMILES string of the molecule is CCCN(CC(C)O[Si](C)(C)C(C)(C)C)S(=O)(=O)c1sc2ccc(Cl)cc2c1Br. The summed E-state index contributed by atoms with van der Waals surface area (Å²) >= 11 is 10.9. The van der Waals surface area contributed by atoms with Crippen LogP contribution in [0.3, 0.4) is 0 Å². The number of nitrogens with zero attached hydrogens (tertiary/aromatic N) is 1. The van der Waals surface area contributed by atoms with Gasteiger partial charge in [-0.3, -0.25) is 0 Å². The van der Waals surface area contributed by atoms with Gasteiger partial charge in [0.05, 0.1) is 10.6 Å². The van der Waals surface area contributed by atoms with Crippen LogP contribution < -0.4 is 0 Å². The van der Waals surface area contributed by atoms with Gasteiger partial charge in [-0.1, -0.05) is 39.3 Å². The molecule has 29 heavy (non-hydrogen) atoms. The van der Waals surface area contributed by atoms with Crippen molar-refractivity contribution in [1.82, 2.24) is 4.31 Å². The molecule has 0 aliphatic rings. The Bertz CT molecular complexity index is 970. The van der Waals surface area contributed by atoms with Crippen LogP contribution in [0.4, 0.5) is 0 Å². The molecular weight excluding hydrogens is 510 g/mol. The van der Waals surface area contributed by atoms with E-state index < -0.39 is 18.3 Å². The van der Waals surface area contributed by atoms with Gasteiger partial charge in [-0.25, -0.2) is 8.42 Å². The fourth-order valence-electron chi connectivity index (χ4n) is 2.86. The van der Waals surface area contributed by atoms with Crippen LogP contribution in [0.1, 0.15) is 41.0 Å². The summed E-state index contributed by atoms with van der Waals surface area (Å²) in [7, 11) is -5.64. The Morgan fingerprint density at radius 2 is 1.93 bits per heavy atom. The first-order valence-electron chi connectivity index (χ1n) is 9.76. The fraction of sp³-hybridized carbons (Fsp3) is 0.600. The van der Waals surface area contributed by atoms with Crippen LogP contribution in [-0.4, -0.2) is 40.2 Å². The van der Waals surface area contributed by atoms with E-state index in [9.17, 15) is 8.42 Å². The van der Waals surface area contributed by atoms with Gasteiger partial charge in [0.25, 0.3) is 10.0 Å². The van der Waals surface area contributed by atoms with Gasteiger partial charge in [0.1, 0.15) is 0 Å². The van der Waals surface area contributed by atoms with Crippen molar-refractivity contribution < 1.29 is 12.8 Å². The highest BCUT2D eigenvalue weighted by Gasteiger charge is 2.39. The molecule has 1 atom stereocenters. The molecule has 0 aliphatic carbocycles. The summed E-state index contributed by atoms with van der Waals surface area (Å²) in [4.78, 5) is 0. The van der Waals surface area contributed by atoms with E-state index in [4.69, 9.17) is 16.0 Å². The van der Waals surface area contributed by atoms with Crippen LogP contribution in [0.25, 0.3) is 10.1 Å². The van der Waals surface area contributed by atoms with Gasteiger partial charge in [-0.2, -0.15) is 4.31 Å². The summed E-state index contributed by atoms with van der Waals surface area (Å²) in [6.45, 7) is 15.7. The van der Waals surface area contributed by atoms with Gasteiger partial charge < -0.3 is 4.43 Å². The van der Waals surface area contributed by atoms with E-state index in [-0.39, 0.29) is 11.1 Å². The summed E-state index contributed by atoms with van der Waals surface area (Å²) in [5.41, 5.74) is 0. The topological polar surface area (TPSA) is 46.6 Å². The fourth-order valence-corrected chi connectivity index (χ4v) is 9.00. The number of rotatable bonds is 8. The highest BCUT2D eigenvalue weighted by Crippen LogP contribution is 2.41. The maximum atomic E-state index is 13.5. The second-order valence-electron chi connectivity index (χ2n) is 8.90. The predicted octanol–water partition coefficient (Wildman–Crippen LogP) is 7.13. The van der Waals surface area contributed by atoms with E-state index in [0.29, 0.717) is 26.8 Å². The molecule has 0 amide bonds. The first kappa shape index (κ1) is 25.3. The normalized spacial score (nSPS) is 14.7. The predicted molar refractivity (Wildman–Crippen MR) is 131 cm³/mol. The number of thiophene rings is 1. The van der Waals surface area contributed by atoms with Crippen molar-refractivity contribution in [2.24, 2.45) is 0 Å². The van der Waals surface area contributed by atoms with Crippen molar-refractivity contribution in [3.8, 4) is 0 Å². The molecule has 0 saturated heterocycles. The van der Waals surface area contributed by atoms with Crippen LogP contribution in [0.5, 0.6) is 0 Å². The van der Waals surface area contributed by atoms with E-state index in [1.807, 2.05) is 19.9 Å². The highest BCUT2D eigenvalue weighted by atomic mass is 79.9. The standard InChI is InChI=1S/C20H31BrClNO3S2Si/c1-8-11-23(13-14(2)26-29(6,7)20(3,4)5)28(24,25)19-18(21)16-12-15(22)9-10-17(16)27-19/h9-10,12,14H,8,11,13H2,1-7H3. The van der Waals surface area contributed by atoms with Crippen LogP contribution in [0, 0.1) is 0 Å². The molecule has 0 bridgehead atoms. The number of hydrogen-bond donors (Lipinski definition) is 0. The lowest BCUT2D eigenvalue weighted by molar-refractivity contribution is 0.169. The minimum atomic E-state index is -3.66. The molecule has 0 spiro atoms. The molecule has 2 rings (SSSR count). The number of sulfonamides is 1. The molecular formula is C20H31BrClNO3S2Si. The summed E-state index contributed by atoms with van der Waals surface area (Å²) in [5, 5.41) is 1.48. The number of fused-ring (bicyclic) bond motifs is 1. The third-order valence-electron chi connectivity index (χ3n) is 5.37. The molecule has 0 saturated carbocycles. The molecule has 2 aromatic rings. The van der Waals surface area contributed by atoms with E-state index in [0.717, 1.165) is 16.5 Å². The van der Waals surface area contributed by atoms with Crippen molar-refractivity contribution >= 4 is 67.3 Å². The Hall–Kier alpha value is 0.0369. The van der Waals surface area contributed by atoms with Crippen molar-refractivity contribution in [3.63, 3.8) is 0 Å². The summed E-state index contributed by atoms with van der Waals surface area (Å²) in [6, 6.07) is 5.44. The Morgan fingerprint density at radius 1 is 1.31 bits per heavy atom. The van der Waals surface area contributed by atoms with E-state index in [1.54, 1.807) is 16.4 Å². The molecule has 9 heteroatoms. The average molecular weight is 541 g/mol. The summed E-state index contributed by atoms with van der Waals surface area (Å²) < 4.78 is 36.8. The van der Waals surface area contributed by atoms with Gasteiger partial charge in [0.15, 0.2) is 12.5 Å². The Morgan fingerprint density at radius 3 is 2.48 bits per heavy atom. The first-order valence-corrected chi connectivity index (χ1v) is 16.1. The quantitative estimate of drug-likeness (QED) is 0.335.